The van der Waals surface area contributed by atoms with Crippen molar-refractivity contribution in [1.29, 1.82) is 5.26 Å². The summed E-state index contributed by atoms with van der Waals surface area (Å²) in [6.45, 7) is 2.48. The molecule has 3 aromatic rings. The van der Waals surface area contributed by atoms with Crippen LogP contribution in [-0.4, -0.2) is 36.6 Å². The first-order chi connectivity index (χ1) is 13.2. The van der Waals surface area contributed by atoms with Crippen molar-refractivity contribution >= 4 is 21.4 Å². The van der Waals surface area contributed by atoms with Crippen LogP contribution < -0.4 is 11.1 Å². The van der Waals surface area contributed by atoms with Crippen LogP contribution in [0.15, 0.2) is 40.4 Å². The molecule has 11 nitrogen and oxygen atoms in total. The number of aromatic amines is 1. The van der Waals surface area contributed by atoms with E-state index in [1.165, 1.54) is 4.57 Å². The SMILES string of the molecule is CCCCn1c(=O)c(=O)[nH]c2cc(C#N)c(-n3ccnc3)cc21.O=S(=O)([O-])[O-]. The number of rotatable bonds is 4. The average molecular weight is 405 g/mol. The molecular weight excluding hydrogens is 390 g/mol. The van der Waals surface area contributed by atoms with Gasteiger partial charge in [-0.05, 0) is 18.6 Å². The molecule has 0 unspecified atom stereocenters. The quantitative estimate of drug-likeness (QED) is 0.363. The van der Waals surface area contributed by atoms with Crippen molar-refractivity contribution in [3.8, 4) is 11.8 Å². The maximum atomic E-state index is 12.2. The molecule has 0 fully saturated rings. The first-order valence-electron chi connectivity index (χ1n) is 8.01. The largest absolute Gasteiger partial charge is 0.759 e. The number of hydrogen-bond acceptors (Lipinski definition) is 8. The molecule has 28 heavy (non-hydrogen) atoms. The lowest BCUT2D eigenvalue weighted by Crippen LogP contribution is -2.36. The predicted octanol–water partition coefficient (Wildman–Crippen LogP) is 0.209. The van der Waals surface area contributed by atoms with Crippen molar-refractivity contribution < 1.29 is 17.5 Å². The van der Waals surface area contributed by atoms with Crippen LogP contribution in [0.25, 0.3) is 16.7 Å². The lowest BCUT2D eigenvalue weighted by atomic mass is 10.1. The molecule has 0 aliphatic carbocycles. The number of fused-ring (bicyclic) bond motifs is 1. The Morgan fingerprint density at radius 2 is 1.96 bits per heavy atom. The van der Waals surface area contributed by atoms with Crippen molar-refractivity contribution in [3.63, 3.8) is 0 Å². The van der Waals surface area contributed by atoms with E-state index in [2.05, 4.69) is 16.0 Å². The van der Waals surface area contributed by atoms with Crippen LogP contribution in [0.3, 0.4) is 0 Å². The Morgan fingerprint density at radius 1 is 1.29 bits per heavy atom. The van der Waals surface area contributed by atoms with E-state index in [1.807, 2.05) is 6.92 Å². The van der Waals surface area contributed by atoms with Crippen LogP contribution in [-0.2, 0) is 16.9 Å². The molecular formula is C16H15N5O6S-2. The third kappa shape index (κ3) is 5.13. The highest BCUT2D eigenvalue weighted by Crippen LogP contribution is 2.20. The molecule has 12 heteroatoms. The van der Waals surface area contributed by atoms with Gasteiger partial charge in [-0.15, -0.1) is 0 Å². The number of aromatic nitrogens is 4. The van der Waals surface area contributed by atoms with Crippen molar-refractivity contribution in [3.05, 3.63) is 57.1 Å². The van der Waals surface area contributed by atoms with Gasteiger partial charge in [-0.1, -0.05) is 13.3 Å². The van der Waals surface area contributed by atoms with E-state index in [-0.39, 0.29) is 0 Å². The first kappa shape index (κ1) is 21.0. The summed E-state index contributed by atoms with van der Waals surface area (Å²) in [4.78, 5) is 30.6. The second-order valence-electron chi connectivity index (χ2n) is 5.64. The number of imidazole rings is 1. The fourth-order valence-electron chi connectivity index (χ4n) is 2.55. The molecule has 3 rings (SSSR count). The fourth-order valence-corrected chi connectivity index (χ4v) is 2.55. The molecule has 0 aliphatic heterocycles. The molecule has 0 saturated heterocycles. The van der Waals surface area contributed by atoms with Crippen molar-refractivity contribution in [2.45, 2.75) is 26.3 Å². The maximum Gasteiger partial charge on any atom is 0.316 e. The third-order valence-electron chi connectivity index (χ3n) is 3.73. The monoisotopic (exact) mass is 405 g/mol. The van der Waals surface area contributed by atoms with Crippen molar-refractivity contribution in [2.24, 2.45) is 0 Å². The van der Waals surface area contributed by atoms with E-state index in [1.54, 1.807) is 35.4 Å². The number of hydrogen-bond donors (Lipinski definition) is 1. The molecule has 1 aromatic carbocycles. The van der Waals surface area contributed by atoms with Crippen LogP contribution in [0.4, 0.5) is 0 Å². The molecule has 0 atom stereocenters. The summed E-state index contributed by atoms with van der Waals surface area (Å²) >= 11 is 0. The van der Waals surface area contributed by atoms with E-state index in [9.17, 15) is 14.9 Å². The smallest absolute Gasteiger partial charge is 0.316 e. The van der Waals surface area contributed by atoms with Gasteiger partial charge in [0.1, 0.15) is 6.07 Å². The maximum absolute atomic E-state index is 12.2. The average Bonchev–Trinajstić information content (AvgIpc) is 3.14. The topological polar surface area (TPSA) is 177 Å². The second kappa shape index (κ2) is 8.61. The van der Waals surface area contributed by atoms with E-state index in [0.29, 0.717) is 28.8 Å². The molecule has 0 radical (unpaired) electrons. The van der Waals surface area contributed by atoms with Crippen LogP contribution >= 0.6 is 0 Å². The third-order valence-corrected chi connectivity index (χ3v) is 3.73. The minimum Gasteiger partial charge on any atom is -0.759 e. The standard InChI is InChI=1S/C16H15N5O2.H2O4S/c1-2-3-5-21-14-8-13(20-6-4-18-10-20)11(9-17)7-12(14)19-15(22)16(21)23;1-5(2,3)4/h4,6-8,10H,2-3,5H2,1H3,(H,19,22);(H2,1,2,3,4)/p-2. The molecule has 2 aromatic heterocycles. The van der Waals surface area contributed by atoms with Gasteiger partial charge in [0.25, 0.3) is 0 Å². The number of benzene rings is 1. The van der Waals surface area contributed by atoms with Gasteiger partial charge in [0.05, 0.1) is 28.6 Å². The van der Waals surface area contributed by atoms with E-state index in [4.69, 9.17) is 17.5 Å². The first-order valence-corrected chi connectivity index (χ1v) is 9.35. The van der Waals surface area contributed by atoms with Crippen molar-refractivity contribution in [2.75, 3.05) is 0 Å². The number of nitriles is 1. The fraction of sp³-hybridized carbons (Fsp3) is 0.250. The summed E-state index contributed by atoms with van der Waals surface area (Å²) in [6, 6.07) is 5.44. The minimum absolute atomic E-state index is 0.395. The Balaban J connectivity index is 0.000000500. The van der Waals surface area contributed by atoms with Crippen LogP contribution in [0, 0.1) is 11.3 Å². The van der Waals surface area contributed by atoms with Gasteiger partial charge >= 0.3 is 11.1 Å². The number of nitrogens with zero attached hydrogens (tertiary/aromatic N) is 4. The normalized spacial score (nSPS) is 10.9. The Labute approximate surface area is 159 Å². The predicted molar refractivity (Wildman–Crippen MR) is 96.0 cm³/mol. The van der Waals surface area contributed by atoms with E-state index in [0.717, 1.165) is 12.8 Å². The summed E-state index contributed by atoms with van der Waals surface area (Å²) < 4.78 is 37.3. The molecule has 1 N–H and O–H groups in total. The van der Waals surface area contributed by atoms with Gasteiger partial charge in [-0.25, -0.2) is 4.98 Å². The highest BCUT2D eigenvalue weighted by atomic mass is 32.3. The van der Waals surface area contributed by atoms with Crippen LogP contribution in [0.2, 0.25) is 0 Å². The molecule has 0 amide bonds. The van der Waals surface area contributed by atoms with Gasteiger partial charge in [-0.3, -0.25) is 18.0 Å². The zero-order valence-electron chi connectivity index (χ0n) is 14.7. The Morgan fingerprint density at radius 3 is 2.50 bits per heavy atom. The number of aryl methyl sites for hydroxylation is 1. The van der Waals surface area contributed by atoms with Gasteiger partial charge in [-0.2, -0.15) is 5.26 Å². The molecule has 0 saturated carbocycles. The summed E-state index contributed by atoms with van der Waals surface area (Å²) in [5.41, 5.74) is 0.845. The number of nitrogens with one attached hydrogen (secondary N) is 1. The van der Waals surface area contributed by atoms with Crippen molar-refractivity contribution in [1.82, 2.24) is 19.1 Å². The van der Waals surface area contributed by atoms with Gasteiger partial charge in [0.2, 0.25) is 0 Å². The molecule has 0 spiro atoms. The second-order valence-corrected chi connectivity index (χ2v) is 6.46. The van der Waals surface area contributed by atoms with E-state index >= 15 is 0 Å². The van der Waals surface area contributed by atoms with Crippen LogP contribution in [0.5, 0.6) is 0 Å². The van der Waals surface area contributed by atoms with Gasteiger partial charge in [0, 0.05) is 29.3 Å². The lowest BCUT2D eigenvalue weighted by Gasteiger charge is -2.12. The Kier molecular flexibility index (Phi) is 6.47. The summed E-state index contributed by atoms with van der Waals surface area (Å²) in [6.07, 6.45) is 6.62. The Hall–Kier alpha value is -3.27. The Bertz CT molecular complexity index is 1230. The number of H-pyrrole nitrogens is 1. The zero-order chi connectivity index (χ0) is 20.9. The summed E-state index contributed by atoms with van der Waals surface area (Å²) in [5, 5.41) is 9.37. The molecule has 0 aliphatic rings. The van der Waals surface area contributed by atoms with E-state index < -0.39 is 21.5 Å². The lowest BCUT2D eigenvalue weighted by molar-refractivity contribution is 0.352. The summed E-state index contributed by atoms with van der Waals surface area (Å²) in [5.74, 6) is 0. The van der Waals surface area contributed by atoms with Gasteiger partial charge < -0.3 is 23.2 Å². The molecule has 2 heterocycles. The molecule has 0 bridgehead atoms. The zero-order valence-corrected chi connectivity index (χ0v) is 15.5. The number of unbranched alkanes of at least 4 members (excludes halogenated alkanes) is 1. The molecule has 148 valence electrons. The highest BCUT2D eigenvalue weighted by Gasteiger charge is 2.12. The highest BCUT2D eigenvalue weighted by molar-refractivity contribution is 7.79. The minimum atomic E-state index is -5.17. The van der Waals surface area contributed by atoms with Gasteiger partial charge in [0.15, 0.2) is 0 Å². The summed E-state index contributed by atoms with van der Waals surface area (Å²) in [7, 11) is -5.17. The van der Waals surface area contributed by atoms with Crippen LogP contribution in [0.1, 0.15) is 25.3 Å².